The van der Waals surface area contributed by atoms with E-state index in [0.717, 1.165) is 11.1 Å². The summed E-state index contributed by atoms with van der Waals surface area (Å²) in [6.45, 7) is 3.98. The molecule has 2 rings (SSSR count). The molecule has 0 amide bonds. The van der Waals surface area contributed by atoms with Gasteiger partial charge in [-0.05, 0) is 44.0 Å². The van der Waals surface area contributed by atoms with E-state index >= 15 is 0 Å². The molecule has 0 unspecified atom stereocenters. The van der Waals surface area contributed by atoms with Gasteiger partial charge in [-0.1, -0.05) is 48.0 Å². The van der Waals surface area contributed by atoms with E-state index in [1.54, 1.807) is 30.3 Å². The number of aryl methyl sites for hydroxylation is 1. The topological polar surface area (TPSA) is 37.4 Å². The first kappa shape index (κ1) is 16.9. The monoisotopic (exact) mass is 325 g/mol. The summed E-state index contributed by atoms with van der Waals surface area (Å²) < 4.78 is 26.7. The number of nitrogens with zero attached hydrogens (tertiary/aromatic N) is 1. The molecule has 0 atom stereocenters. The summed E-state index contributed by atoms with van der Waals surface area (Å²) in [5, 5.41) is 0. The molecule has 0 spiro atoms. The van der Waals surface area contributed by atoms with Crippen LogP contribution in [0.3, 0.4) is 0 Å². The largest absolute Gasteiger partial charge is 0.271 e. The van der Waals surface area contributed by atoms with Gasteiger partial charge in [0.2, 0.25) is 0 Å². The van der Waals surface area contributed by atoms with Crippen LogP contribution in [0.25, 0.3) is 0 Å². The number of rotatable bonds is 4. The van der Waals surface area contributed by atoms with Crippen LogP contribution < -0.4 is 0 Å². The van der Waals surface area contributed by atoms with Gasteiger partial charge >= 0.3 is 0 Å². The minimum atomic E-state index is -3.65. The maximum absolute atomic E-state index is 12.8. The zero-order valence-electron chi connectivity index (χ0n) is 13.2. The van der Waals surface area contributed by atoms with Crippen molar-refractivity contribution in [2.45, 2.75) is 18.7 Å². The van der Waals surface area contributed by atoms with Crippen molar-refractivity contribution >= 4 is 10.0 Å². The van der Waals surface area contributed by atoms with Gasteiger partial charge in [-0.15, -0.1) is 0 Å². The highest BCUT2D eigenvalue weighted by Gasteiger charge is 2.20. The number of allylic oxidation sites excluding steroid dienone is 1. The molecule has 4 heteroatoms. The smallest absolute Gasteiger partial charge is 0.220 e. The summed E-state index contributed by atoms with van der Waals surface area (Å²) in [4.78, 5) is 0.245. The summed E-state index contributed by atoms with van der Waals surface area (Å²) in [6.07, 6.45) is 3.58. The van der Waals surface area contributed by atoms with Crippen LogP contribution in [0.2, 0.25) is 0 Å². The summed E-state index contributed by atoms with van der Waals surface area (Å²) in [6, 6.07) is 18.9. The van der Waals surface area contributed by atoms with Gasteiger partial charge in [0, 0.05) is 11.6 Å². The highest BCUT2D eigenvalue weighted by atomic mass is 32.2. The molecule has 3 nitrogen and oxygen atoms in total. The Labute approximate surface area is 138 Å². The third-order valence-electron chi connectivity index (χ3n) is 3.21. The molecule has 2 aromatic rings. The Morgan fingerprint density at radius 2 is 1.70 bits per heavy atom. The van der Waals surface area contributed by atoms with E-state index in [9.17, 15) is 8.42 Å². The van der Waals surface area contributed by atoms with Crippen LogP contribution in [0.15, 0.2) is 71.6 Å². The highest BCUT2D eigenvalue weighted by Crippen LogP contribution is 2.16. The number of sulfonamides is 1. The standard InChI is InChI=1S/C19H19NO2S/c1-3-4-15-20(16-14-18-8-6-5-7-9-18)23(21,22)19-12-10-17(2)11-13-19/h3-13H,15H2,1-2H3/b4-3+. The van der Waals surface area contributed by atoms with E-state index in [2.05, 4.69) is 12.0 Å². The minimum absolute atomic E-state index is 0.215. The molecule has 0 aliphatic heterocycles. The van der Waals surface area contributed by atoms with Crippen LogP contribution in [0.1, 0.15) is 18.1 Å². The normalized spacial score (nSPS) is 11.0. The molecule has 0 saturated heterocycles. The number of hydrogen-bond donors (Lipinski definition) is 0. The van der Waals surface area contributed by atoms with Crippen LogP contribution in [-0.2, 0) is 10.0 Å². The molecule has 23 heavy (non-hydrogen) atoms. The van der Waals surface area contributed by atoms with Gasteiger partial charge in [-0.2, -0.15) is 0 Å². The first-order valence-corrected chi connectivity index (χ1v) is 8.75. The summed E-state index contributed by atoms with van der Waals surface area (Å²) in [7, 11) is -3.65. The predicted octanol–water partition coefficient (Wildman–Crippen LogP) is 3.57. The second-order valence-electron chi connectivity index (χ2n) is 5.02. The van der Waals surface area contributed by atoms with Crippen LogP contribution >= 0.6 is 0 Å². The van der Waals surface area contributed by atoms with Gasteiger partial charge in [0.1, 0.15) is 0 Å². The zero-order chi connectivity index (χ0) is 16.7. The molecule has 0 aliphatic rings. The van der Waals surface area contributed by atoms with Crippen molar-refractivity contribution in [3.63, 3.8) is 0 Å². The maximum atomic E-state index is 12.8. The molecule has 0 saturated carbocycles. The van der Waals surface area contributed by atoms with E-state index in [1.165, 1.54) is 4.31 Å². The molecular weight excluding hydrogens is 306 g/mol. The third-order valence-corrected chi connectivity index (χ3v) is 4.90. The Morgan fingerprint density at radius 1 is 1.04 bits per heavy atom. The van der Waals surface area contributed by atoms with Gasteiger partial charge in [0.25, 0.3) is 10.0 Å². The Kier molecular flexibility index (Phi) is 5.61. The summed E-state index contributed by atoms with van der Waals surface area (Å²) in [5.74, 6) is 2.90. The molecule has 0 heterocycles. The fraction of sp³-hybridized carbons (Fsp3) is 0.158. The lowest BCUT2D eigenvalue weighted by Gasteiger charge is -2.16. The Morgan fingerprint density at radius 3 is 2.30 bits per heavy atom. The Hall–Kier alpha value is -2.51. The lowest BCUT2D eigenvalue weighted by atomic mass is 10.2. The quantitative estimate of drug-likeness (QED) is 0.489. The fourth-order valence-corrected chi connectivity index (χ4v) is 3.07. The fourth-order valence-electron chi connectivity index (χ4n) is 1.89. The van der Waals surface area contributed by atoms with Crippen molar-refractivity contribution in [1.29, 1.82) is 0 Å². The van der Waals surface area contributed by atoms with Gasteiger partial charge in [-0.3, -0.25) is 0 Å². The molecule has 118 valence electrons. The van der Waals surface area contributed by atoms with Crippen molar-refractivity contribution in [3.8, 4) is 12.0 Å². The van der Waals surface area contributed by atoms with E-state index in [1.807, 2.05) is 50.3 Å². The number of hydrogen-bond acceptors (Lipinski definition) is 2. The van der Waals surface area contributed by atoms with E-state index in [0.29, 0.717) is 0 Å². The average Bonchev–Trinajstić information content (AvgIpc) is 2.56. The van der Waals surface area contributed by atoms with Crippen molar-refractivity contribution in [3.05, 3.63) is 77.9 Å². The van der Waals surface area contributed by atoms with Crippen LogP contribution in [0.4, 0.5) is 0 Å². The van der Waals surface area contributed by atoms with Crippen LogP contribution in [0, 0.1) is 18.9 Å². The zero-order valence-corrected chi connectivity index (χ0v) is 14.0. The lowest BCUT2D eigenvalue weighted by molar-refractivity contribution is 0.532. The highest BCUT2D eigenvalue weighted by molar-refractivity contribution is 7.89. The lowest BCUT2D eigenvalue weighted by Crippen LogP contribution is -2.26. The summed E-state index contributed by atoms with van der Waals surface area (Å²) >= 11 is 0. The molecular formula is C19H19NO2S. The van der Waals surface area contributed by atoms with E-state index < -0.39 is 10.0 Å². The molecule has 0 aliphatic carbocycles. The van der Waals surface area contributed by atoms with Crippen molar-refractivity contribution < 1.29 is 8.42 Å². The minimum Gasteiger partial charge on any atom is -0.220 e. The summed E-state index contributed by atoms with van der Waals surface area (Å²) in [5.41, 5.74) is 1.79. The molecule has 0 radical (unpaired) electrons. The second kappa shape index (κ2) is 7.66. The van der Waals surface area contributed by atoms with Crippen molar-refractivity contribution in [2.75, 3.05) is 6.54 Å². The Bertz CT molecular complexity index is 826. The van der Waals surface area contributed by atoms with Gasteiger partial charge in [0.15, 0.2) is 0 Å². The maximum Gasteiger partial charge on any atom is 0.271 e. The average molecular weight is 325 g/mol. The molecule has 0 bridgehead atoms. The second-order valence-corrected chi connectivity index (χ2v) is 6.88. The van der Waals surface area contributed by atoms with Gasteiger partial charge in [-0.25, -0.2) is 12.7 Å². The Balaban J connectivity index is 2.38. The SMILES string of the molecule is C/C=C/CN(C#Cc1ccccc1)S(=O)(=O)c1ccc(C)cc1. The molecule has 0 N–H and O–H groups in total. The van der Waals surface area contributed by atoms with Crippen LogP contribution in [-0.4, -0.2) is 19.3 Å². The predicted molar refractivity (Wildman–Crippen MR) is 93.2 cm³/mol. The van der Waals surface area contributed by atoms with Crippen molar-refractivity contribution in [1.82, 2.24) is 4.31 Å². The van der Waals surface area contributed by atoms with Crippen molar-refractivity contribution in [2.24, 2.45) is 0 Å². The molecule has 2 aromatic carbocycles. The number of benzene rings is 2. The van der Waals surface area contributed by atoms with Gasteiger partial charge < -0.3 is 0 Å². The first-order valence-electron chi connectivity index (χ1n) is 7.31. The first-order chi connectivity index (χ1) is 11.0. The van der Waals surface area contributed by atoms with E-state index in [-0.39, 0.29) is 11.4 Å². The van der Waals surface area contributed by atoms with Gasteiger partial charge in [0.05, 0.1) is 11.4 Å². The van der Waals surface area contributed by atoms with Crippen LogP contribution in [0.5, 0.6) is 0 Å². The van der Waals surface area contributed by atoms with E-state index in [4.69, 9.17) is 0 Å². The third kappa shape index (κ3) is 4.48. The molecule has 0 aromatic heterocycles. The molecule has 0 fully saturated rings.